The molecule has 112 valence electrons. The molecule has 0 bridgehead atoms. The number of aliphatic hydroxyl groups excluding tert-OH is 1. The van der Waals surface area contributed by atoms with Crippen LogP contribution in [0.2, 0.25) is 0 Å². The number of hydrogen-bond acceptors (Lipinski definition) is 4. The number of hydrogen-bond donors (Lipinski definition) is 1. The summed E-state index contributed by atoms with van der Waals surface area (Å²) in [6.07, 6.45) is 1.74. The molecular formula is C16H24O4. The van der Waals surface area contributed by atoms with E-state index < -0.39 is 6.10 Å². The highest BCUT2D eigenvalue weighted by Gasteiger charge is 2.43. The molecule has 3 atom stereocenters. The van der Waals surface area contributed by atoms with Crippen LogP contribution in [0.1, 0.15) is 32.3 Å². The van der Waals surface area contributed by atoms with Crippen LogP contribution in [0, 0.1) is 0 Å². The normalized spacial score (nSPS) is 25.1. The fourth-order valence-electron chi connectivity index (χ4n) is 2.34. The number of rotatable bonds is 7. The molecule has 1 aliphatic rings. The molecule has 1 aromatic carbocycles. The summed E-state index contributed by atoms with van der Waals surface area (Å²) in [6.45, 7) is 4.80. The molecule has 4 nitrogen and oxygen atoms in total. The molecular weight excluding hydrogens is 256 g/mol. The fraction of sp³-hybridized carbons (Fsp3) is 0.625. The van der Waals surface area contributed by atoms with E-state index in [1.807, 2.05) is 25.1 Å². The molecule has 1 aromatic rings. The largest absolute Gasteiger partial charge is 0.493 e. The molecule has 2 rings (SSSR count). The molecule has 0 spiro atoms. The highest BCUT2D eigenvalue weighted by molar-refractivity contribution is 5.43. The van der Waals surface area contributed by atoms with Crippen molar-refractivity contribution in [3.63, 3.8) is 0 Å². The first-order chi connectivity index (χ1) is 9.69. The smallest absolute Gasteiger partial charge is 0.161 e. The standard InChI is InChI=1S/C16H24O4/c1-4-8-19-16-12(17)10-15(16)20-13-7-6-11(5-2)9-14(13)18-3/h6-7,9,12,15-17H,4-5,8,10H2,1-3H3. The van der Waals surface area contributed by atoms with Crippen molar-refractivity contribution in [3.05, 3.63) is 23.8 Å². The van der Waals surface area contributed by atoms with Gasteiger partial charge in [-0.15, -0.1) is 0 Å². The van der Waals surface area contributed by atoms with E-state index in [0.717, 1.165) is 18.6 Å². The number of aliphatic hydroxyl groups is 1. The van der Waals surface area contributed by atoms with Gasteiger partial charge >= 0.3 is 0 Å². The van der Waals surface area contributed by atoms with Crippen LogP contribution in [0.25, 0.3) is 0 Å². The van der Waals surface area contributed by atoms with Gasteiger partial charge in [0.05, 0.1) is 13.2 Å². The molecule has 0 aliphatic heterocycles. The van der Waals surface area contributed by atoms with E-state index in [4.69, 9.17) is 14.2 Å². The van der Waals surface area contributed by atoms with E-state index in [0.29, 0.717) is 18.8 Å². The second-order valence-electron chi connectivity index (χ2n) is 5.13. The minimum atomic E-state index is -0.424. The molecule has 0 saturated heterocycles. The third-order valence-electron chi connectivity index (χ3n) is 3.65. The predicted molar refractivity (Wildman–Crippen MR) is 77.4 cm³/mol. The van der Waals surface area contributed by atoms with Crippen molar-refractivity contribution in [1.29, 1.82) is 0 Å². The maximum Gasteiger partial charge on any atom is 0.161 e. The summed E-state index contributed by atoms with van der Waals surface area (Å²) in [6, 6.07) is 5.96. The Labute approximate surface area is 120 Å². The third-order valence-corrected chi connectivity index (χ3v) is 3.65. The van der Waals surface area contributed by atoms with Crippen molar-refractivity contribution in [2.75, 3.05) is 13.7 Å². The lowest BCUT2D eigenvalue weighted by Gasteiger charge is -2.41. The average molecular weight is 280 g/mol. The second-order valence-corrected chi connectivity index (χ2v) is 5.13. The zero-order chi connectivity index (χ0) is 14.5. The van der Waals surface area contributed by atoms with Crippen LogP contribution in [0.15, 0.2) is 18.2 Å². The highest BCUT2D eigenvalue weighted by Crippen LogP contribution is 2.34. The molecule has 3 unspecified atom stereocenters. The molecule has 0 radical (unpaired) electrons. The second kappa shape index (κ2) is 6.95. The van der Waals surface area contributed by atoms with Crippen molar-refractivity contribution in [2.24, 2.45) is 0 Å². The number of aryl methyl sites for hydroxylation is 1. The van der Waals surface area contributed by atoms with Crippen molar-refractivity contribution in [3.8, 4) is 11.5 Å². The van der Waals surface area contributed by atoms with Crippen LogP contribution in [0.5, 0.6) is 11.5 Å². The van der Waals surface area contributed by atoms with Crippen molar-refractivity contribution in [2.45, 2.75) is 51.4 Å². The summed E-state index contributed by atoms with van der Waals surface area (Å²) in [5, 5.41) is 9.76. The number of methoxy groups -OCH3 is 1. The van der Waals surface area contributed by atoms with Crippen LogP contribution in [-0.2, 0) is 11.2 Å². The van der Waals surface area contributed by atoms with Crippen LogP contribution in [-0.4, -0.2) is 37.1 Å². The summed E-state index contributed by atoms with van der Waals surface area (Å²) in [5.74, 6) is 1.45. The Morgan fingerprint density at radius 2 is 2.05 bits per heavy atom. The fourth-order valence-corrected chi connectivity index (χ4v) is 2.34. The zero-order valence-corrected chi connectivity index (χ0v) is 12.5. The molecule has 1 aliphatic carbocycles. The first-order valence-corrected chi connectivity index (χ1v) is 7.32. The van der Waals surface area contributed by atoms with Gasteiger partial charge in [0, 0.05) is 13.0 Å². The Hall–Kier alpha value is -1.26. The first-order valence-electron chi connectivity index (χ1n) is 7.32. The molecule has 20 heavy (non-hydrogen) atoms. The van der Waals surface area contributed by atoms with Crippen LogP contribution in [0.3, 0.4) is 0 Å². The molecule has 4 heteroatoms. The Morgan fingerprint density at radius 1 is 1.25 bits per heavy atom. The zero-order valence-electron chi connectivity index (χ0n) is 12.5. The predicted octanol–water partition coefficient (Wildman–Crippen LogP) is 2.56. The number of ether oxygens (including phenoxy) is 3. The van der Waals surface area contributed by atoms with Gasteiger partial charge in [-0.2, -0.15) is 0 Å². The van der Waals surface area contributed by atoms with Gasteiger partial charge in [0.25, 0.3) is 0 Å². The maximum absolute atomic E-state index is 9.76. The summed E-state index contributed by atoms with van der Waals surface area (Å²) >= 11 is 0. The van der Waals surface area contributed by atoms with Gasteiger partial charge in [-0.1, -0.05) is 19.9 Å². The average Bonchev–Trinajstić information content (AvgIpc) is 2.47. The Bertz CT molecular complexity index is 432. The van der Waals surface area contributed by atoms with Crippen molar-refractivity contribution < 1.29 is 19.3 Å². The van der Waals surface area contributed by atoms with Gasteiger partial charge in [0.2, 0.25) is 0 Å². The number of benzene rings is 1. The SMILES string of the molecule is CCCOC1C(O)CC1Oc1ccc(CC)cc1OC. The molecule has 1 saturated carbocycles. The van der Waals surface area contributed by atoms with Gasteiger partial charge in [0.15, 0.2) is 11.5 Å². The monoisotopic (exact) mass is 280 g/mol. The van der Waals surface area contributed by atoms with E-state index in [1.54, 1.807) is 7.11 Å². The Kier molecular flexibility index (Phi) is 5.26. The van der Waals surface area contributed by atoms with Gasteiger partial charge in [-0.3, -0.25) is 0 Å². The van der Waals surface area contributed by atoms with Crippen LogP contribution in [0.4, 0.5) is 0 Å². The Morgan fingerprint density at radius 3 is 2.65 bits per heavy atom. The summed E-state index contributed by atoms with van der Waals surface area (Å²) < 4.78 is 16.9. The molecule has 0 amide bonds. The lowest BCUT2D eigenvalue weighted by atomic mass is 9.88. The summed E-state index contributed by atoms with van der Waals surface area (Å²) in [4.78, 5) is 0. The minimum absolute atomic E-state index is 0.0991. The van der Waals surface area contributed by atoms with Crippen LogP contribution >= 0.6 is 0 Å². The van der Waals surface area contributed by atoms with Gasteiger partial charge in [0.1, 0.15) is 12.2 Å². The van der Waals surface area contributed by atoms with Crippen molar-refractivity contribution >= 4 is 0 Å². The van der Waals surface area contributed by atoms with E-state index in [2.05, 4.69) is 6.92 Å². The highest BCUT2D eigenvalue weighted by atomic mass is 16.6. The maximum atomic E-state index is 9.76. The Balaban J connectivity index is 2.02. The summed E-state index contributed by atoms with van der Waals surface area (Å²) in [7, 11) is 1.64. The third kappa shape index (κ3) is 3.25. The van der Waals surface area contributed by atoms with Gasteiger partial charge in [-0.25, -0.2) is 0 Å². The van der Waals surface area contributed by atoms with Gasteiger partial charge < -0.3 is 19.3 Å². The van der Waals surface area contributed by atoms with E-state index in [1.165, 1.54) is 5.56 Å². The summed E-state index contributed by atoms with van der Waals surface area (Å²) in [5.41, 5.74) is 1.21. The first kappa shape index (κ1) is 15.1. The van der Waals surface area contributed by atoms with Gasteiger partial charge in [-0.05, 0) is 30.5 Å². The minimum Gasteiger partial charge on any atom is -0.493 e. The van der Waals surface area contributed by atoms with E-state index >= 15 is 0 Å². The van der Waals surface area contributed by atoms with Crippen LogP contribution < -0.4 is 9.47 Å². The van der Waals surface area contributed by atoms with Crippen molar-refractivity contribution in [1.82, 2.24) is 0 Å². The molecule has 1 fully saturated rings. The van der Waals surface area contributed by atoms with E-state index in [-0.39, 0.29) is 12.2 Å². The lowest BCUT2D eigenvalue weighted by Crippen LogP contribution is -2.55. The molecule has 0 aromatic heterocycles. The van der Waals surface area contributed by atoms with E-state index in [9.17, 15) is 5.11 Å². The lowest BCUT2D eigenvalue weighted by molar-refractivity contribution is -0.162. The topological polar surface area (TPSA) is 47.9 Å². The molecule has 0 heterocycles. The molecule has 1 N–H and O–H groups in total. The quantitative estimate of drug-likeness (QED) is 0.834.